The van der Waals surface area contributed by atoms with Gasteiger partial charge < -0.3 is 14.9 Å². The summed E-state index contributed by atoms with van der Waals surface area (Å²) in [4.78, 5) is 27.5. The van der Waals surface area contributed by atoms with E-state index in [4.69, 9.17) is 0 Å². The highest BCUT2D eigenvalue weighted by molar-refractivity contribution is 5.99. The topological polar surface area (TPSA) is 60.9 Å². The summed E-state index contributed by atoms with van der Waals surface area (Å²) in [7, 11) is 0. The van der Waals surface area contributed by atoms with E-state index in [0.29, 0.717) is 26.1 Å². The Morgan fingerprint density at radius 1 is 1.30 bits per heavy atom. The quantitative estimate of drug-likeness (QED) is 0.904. The SMILES string of the molecule is CCc1cccc(C(=O)N2CCN(CC)C(=O)C2)c1O. The number of benzene rings is 1. The van der Waals surface area contributed by atoms with Gasteiger partial charge in [-0.1, -0.05) is 19.1 Å². The third kappa shape index (κ3) is 2.61. The van der Waals surface area contributed by atoms with Crippen molar-refractivity contribution in [3.63, 3.8) is 0 Å². The van der Waals surface area contributed by atoms with Crippen LogP contribution in [0.4, 0.5) is 0 Å². The van der Waals surface area contributed by atoms with E-state index >= 15 is 0 Å². The van der Waals surface area contributed by atoms with Gasteiger partial charge in [-0.05, 0) is 25.0 Å². The Kier molecular flexibility index (Phi) is 4.27. The third-order valence-corrected chi connectivity index (χ3v) is 3.72. The normalized spacial score (nSPS) is 15.6. The molecule has 1 heterocycles. The summed E-state index contributed by atoms with van der Waals surface area (Å²) >= 11 is 0. The van der Waals surface area contributed by atoms with Crippen molar-refractivity contribution < 1.29 is 14.7 Å². The standard InChI is InChI=1S/C15H20N2O3/c1-3-11-6-5-7-12(14(11)19)15(20)17-9-8-16(4-2)13(18)10-17/h5-7,19H,3-4,8-10H2,1-2H3. The number of piperazine rings is 1. The summed E-state index contributed by atoms with van der Waals surface area (Å²) < 4.78 is 0. The number of phenolic OH excluding ortho intramolecular Hbond substituents is 1. The van der Waals surface area contributed by atoms with Crippen molar-refractivity contribution in [2.45, 2.75) is 20.3 Å². The molecule has 1 N–H and O–H groups in total. The number of para-hydroxylation sites is 1. The molecule has 108 valence electrons. The number of carbonyl (C=O) groups is 2. The number of aromatic hydroxyl groups is 1. The zero-order valence-corrected chi connectivity index (χ0v) is 11.9. The highest BCUT2D eigenvalue weighted by atomic mass is 16.3. The van der Waals surface area contributed by atoms with Gasteiger partial charge in [0.1, 0.15) is 12.3 Å². The van der Waals surface area contributed by atoms with Crippen LogP contribution in [0.5, 0.6) is 5.75 Å². The first-order chi connectivity index (χ1) is 9.58. The van der Waals surface area contributed by atoms with Gasteiger partial charge in [0, 0.05) is 19.6 Å². The molecule has 5 nitrogen and oxygen atoms in total. The van der Waals surface area contributed by atoms with E-state index in [9.17, 15) is 14.7 Å². The maximum Gasteiger partial charge on any atom is 0.258 e. The maximum absolute atomic E-state index is 12.4. The number of aryl methyl sites for hydroxylation is 1. The van der Waals surface area contributed by atoms with E-state index in [0.717, 1.165) is 5.56 Å². The minimum Gasteiger partial charge on any atom is -0.507 e. The number of likely N-dealkylation sites (N-methyl/N-ethyl adjacent to an activating group) is 1. The monoisotopic (exact) mass is 276 g/mol. The van der Waals surface area contributed by atoms with Gasteiger partial charge in [0.05, 0.1) is 5.56 Å². The molecule has 5 heteroatoms. The van der Waals surface area contributed by atoms with Gasteiger partial charge in [-0.2, -0.15) is 0 Å². The summed E-state index contributed by atoms with van der Waals surface area (Å²) in [6.45, 7) is 5.65. The molecule has 1 aliphatic heterocycles. The Bertz CT molecular complexity index is 528. The Hall–Kier alpha value is -2.04. The lowest BCUT2D eigenvalue weighted by atomic mass is 10.1. The molecule has 0 aromatic heterocycles. The minimum absolute atomic E-state index is 0.0328. The van der Waals surface area contributed by atoms with Crippen LogP contribution in [0.25, 0.3) is 0 Å². The maximum atomic E-state index is 12.4. The Morgan fingerprint density at radius 3 is 2.65 bits per heavy atom. The summed E-state index contributed by atoms with van der Waals surface area (Å²) in [5, 5.41) is 10.1. The van der Waals surface area contributed by atoms with Crippen molar-refractivity contribution in [2.24, 2.45) is 0 Å². The molecule has 0 spiro atoms. The number of carbonyl (C=O) groups excluding carboxylic acids is 2. The second-order valence-electron chi connectivity index (χ2n) is 4.87. The predicted octanol–water partition coefficient (Wildman–Crippen LogP) is 1.26. The molecule has 1 aromatic carbocycles. The molecule has 0 radical (unpaired) electrons. The average Bonchev–Trinajstić information content (AvgIpc) is 2.46. The van der Waals surface area contributed by atoms with Crippen molar-refractivity contribution in [3.05, 3.63) is 29.3 Å². The molecule has 2 amide bonds. The van der Waals surface area contributed by atoms with Crippen LogP contribution in [0.1, 0.15) is 29.8 Å². The smallest absolute Gasteiger partial charge is 0.258 e. The van der Waals surface area contributed by atoms with Gasteiger partial charge in [0.25, 0.3) is 5.91 Å². The minimum atomic E-state index is -0.276. The van der Waals surface area contributed by atoms with Crippen LogP contribution in [0, 0.1) is 0 Å². The Labute approximate surface area is 118 Å². The molecule has 20 heavy (non-hydrogen) atoms. The van der Waals surface area contributed by atoms with E-state index < -0.39 is 0 Å². The zero-order chi connectivity index (χ0) is 14.7. The fourth-order valence-corrected chi connectivity index (χ4v) is 2.44. The zero-order valence-electron chi connectivity index (χ0n) is 11.9. The van der Waals surface area contributed by atoms with Gasteiger partial charge in [-0.15, -0.1) is 0 Å². The summed E-state index contributed by atoms with van der Waals surface area (Å²) in [5.74, 6) is -0.287. The number of rotatable bonds is 3. The molecule has 0 saturated carbocycles. The molecule has 2 rings (SSSR count). The average molecular weight is 276 g/mol. The highest BCUT2D eigenvalue weighted by Crippen LogP contribution is 2.24. The van der Waals surface area contributed by atoms with Crippen LogP contribution >= 0.6 is 0 Å². The molecule has 0 atom stereocenters. The molecular formula is C15H20N2O3. The van der Waals surface area contributed by atoms with Crippen molar-refractivity contribution in [1.82, 2.24) is 9.80 Å². The number of hydrogen-bond donors (Lipinski definition) is 1. The van der Waals surface area contributed by atoms with Gasteiger partial charge in [-0.25, -0.2) is 0 Å². The number of hydrogen-bond acceptors (Lipinski definition) is 3. The first-order valence-corrected chi connectivity index (χ1v) is 6.96. The van der Waals surface area contributed by atoms with Crippen molar-refractivity contribution in [2.75, 3.05) is 26.2 Å². The third-order valence-electron chi connectivity index (χ3n) is 3.72. The lowest BCUT2D eigenvalue weighted by molar-refractivity contribution is -0.134. The second-order valence-corrected chi connectivity index (χ2v) is 4.87. The second kappa shape index (κ2) is 5.94. The van der Waals surface area contributed by atoms with E-state index in [1.54, 1.807) is 23.1 Å². The fourth-order valence-electron chi connectivity index (χ4n) is 2.44. The van der Waals surface area contributed by atoms with E-state index in [1.165, 1.54) is 4.90 Å². The first kappa shape index (κ1) is 14.4. The molecule has 0 bridgehead atoms. The van der Waals surface area contributed by atoms with E-state index in [-0.39, 0.29) is 29.7 Å². The van der Waals surface area contributed by atoms with Crippen LogP contribution in [-0.2, 0) is 11.2 Å². The Balaban J connectivity index is 2.19. The van der Waals surface area contributed by atoms with Crippen LogP contribution in [0.3, 0.4) is 0 Å². The van der Waals surface area contributed by atoms with Crippen molar-refractivity contribution >= 4 is 11.8 Å². The molecule has 1 saturated heterocycles. The van der Waals surface area contributed by atoms with E-state index in [2.05, 4.69) is 0 Å². The number of amides is 2. The van der Waals surface area contributed by atoms with Crippen LogP contribution < -0.4 is 0 Å². The van der Waals surface area contributed by atoms with Gasteiger partial charge >= 0.3 is 0 Å². The van der Waals surface area contributed by atoms with Gasteiger partial charge in [-0.3, -0.25) is 9.59 Å². The molecule has 0 unspecified atom stereocenters. The Morgan fingerprint density at radius 2 is 2.05 bits per heavy atom. The predicted molar refractivity (Wildman–Crippen MR) is 75.6 cm³/mol. The summed E-state index contributed by atoms with van der Waals surface area (Å²) in [6, 6.07) is 5.16. The van der Waals surface area contributed by atoms with Crippen molar-refractivity contribution in [3.8, 4) is 5.75 Å². The lowest BCUT2D eigenvalue weighted by Gasteiger charge is -2.33. The van der Waals surface area contributed by atoms with Gasteiger partial charge in [0.2, 0.25) is 5.91 Å². The van der Waals surface area contributed by atoms with Crippen molar-refractivity contribution in [1.29, 1.82) is 0 Å². The first-order valence-electron chi connectivity index (χ1n) is 6.96. The largest absolute Gasteiger partial charge is 0.507 e. The van der Waals surface area contributed by atoms with Crippen LogP contribution in [0.2, 0.25) is 0 Å². The molecule has 1 aliphatic rings. The van der Waals surface area contributed by atoms with E-state index in [1.807, 2.05) is 13.8 Å². The molecule has 0 aliphatic carbocycles. The summed E-state index contributed by atoms with van der Waals surface area (Å²) in [6.07, 6.45) is 0.662. The number of phenols is 1. The highest BCUT2D eigenvalue weighted by Gasteiger charge is 2.28. The van der Waals surface area contributed by atoms with Crippen LogP contribution in [-0.4, -0.2) is 52.9 Å². The summed E-state index contributed by atoms with van der Waals surface area (Å²) in [5.41, 5.74) is 1.02. The number of nitrogens with zero attached hydrogens (tertiary/aromatic N) is 2. The molecule has 1 aromatic rings. The van der Waals surface area contributed by atoms with Gasteiger partial charge in [0.15, 0.2) is 0 Å². The fraction of sp³-hybridized carbons (Fsp3) is 0.467. The molecule has 1 fully saturated rings. The molecular weight excluding hydrogens is 256 g/mol. The van der Waals surface area contributed by atoms with Crippen LogP contribution in [0.15, 0.2) is 18.2 Å². The lowest BCUT2D eigenvalue weighted by Crippen LogP contribution is -2.52.